The summed E-state index contributed by atoms with van der Waals surface area (Å²) in [4.78, 5) is 8.80. The standard InChI is InChI=1S/C31H33F2N7O2/c1-18-11-19(12-25(35)29(18)41-2)22-5-8-36-16-27(22)38-30-37-15-21-3-4-26(39-40(21)30)28-23(32)13-20(14-24(28)33)31(17-34)6-9-42-10-7-31/h3-5,8,13-16,18-19,25,29H,6-7,9-12,35H2,1-2H3,(H,37,38)/t18-,19+,25+,29-/m0/s1. The first-order valence-corrected chi connectivity index (χ1v) is 14.2. The van der Waals surface area contributed by atoms with Crippen molar-refractivity contribution < 1.29 is 18.3 Å². The third kappa shape index (κ3) is 5.00. The van der Waals surface area contributed by atoms with E-state index in [0.717, 1.165) is 24.1 Å². The number of fused-ring (bicyclic) bond motifs is 1. The fraction of sp³-hybridized carbons (Fsp3) is 0.419. The number of nitrogens with zero attached hydrogens (tertiary/aromatic N) is 5. The van der Waals surface area contributed by atoms with E-state index in [1.54, 1.807) is 37.8 Å². The molecule has 1 aliphatic carbocycles. The third-order valence-electron chi connectivity index (χ3n) is 8.80. The Morgan fingerprint density at radius 2 is 1.90 bits per heavy atom. The SMILES string of the molecule is CO[C@@H]1[C@H](N)C[C@H](c2ccncc2Nc2ncc3ccc(-c4c(F)cc(C5(C#N)CCOCC5)cc4F)nn23)C[C@@H]1C. The lowest BCUT2D eigenvalue weighted by molar-refractivity contribution is 0.00984. The van der Waals surface area contributed by atoms with Crippen molar-refractivity contribution in [2.75, 3.05) is 25.6 Å². The zero-order valence-electron chi connectivity index (χ0n) is 23.6. The molecule has 9 nitrogen and oxygen atoms in total. The predicted molar refractivity (Wildman–Crippen MR) is 153 cm³/mol. The van der Waals surface area contributed by atoms with Crippen LogP contribution in [0.2, 0.25) is 0 Å². The molecule has 0 bridgehead atoms. The Kier molecular flexibility index (Phi) is 7.62. The number of imidazole rings is 1. The van der Waals surface area contributed by atoms with Crippen LogP contribution in [-0.4, -0.2) is 52.1 Å². The van der Waals surface area contributed by atoms with Gasteiger partial charge in [0.25, 0.3) is 0 Å². The lowest BCUT2D eigenvalue weighted by atomic mass is 9.74. The van der Waals surface area contributed by atoms with Crippen LogP contribution in [0.1, 0.15) is 49.7 Å². The van der Waals surface area contributed by atoms with E-state index in [1.165, 1.54) is 16.6 Å². The van der Waals surface area contributed by atoms with Gasteiger partial charge in [0.2, 0.25) is 5.95 Å². The first-order valence-electron chi connectivity index (χ1n) is 14.2. The highest BCUT2D eigenvalue weighted by Crippen LogP contribution is 2.40. The first-order chi connectivity index (χ1) is 20.3. The number of halogens is 2. The average Bonchev–Trinajstić information content (AvgIpc) is 3.39. The highest BCUT2D eigenvalue weighted by molar-refractivity contribution is 5.66. The molecule has 2 fully saturated rings. The number of aromatic nitrogens is 4. The number of nitrogens with two attached hydrogens (primary N) is 1. The van der Waals surface area contributed by atoms with Crippen LogP contribution in [0.5, 0.6) is 0 Å². The van der Waals surface area contributed by atoms with Crippen molar-refractivity contribution in [2.45, 2.75) is 56.1 Å². The molecule has 218 valence electrons. The fourth-order valence-corrected chi connectivity index (χ4v) is 6.59. The summed E-state index contributed by atoms with van der Waals surface area (Å²) in [7, 11) is 1.70. The molecule has 1 aliphatic heterocycles. The second kappa shape index (κ2) is 11.4. The number of anilines is 2. The van der Waals surface area contributed by atoms with E-state index in [2.05, 4.69) is 33.4 Å². The van der Waals surface area contributed by atoms with Gasteiger partial charge in [-0.3, -0.25) is 4.98 Å². The van der Waals surface area contributed by atoms with Gasteiger partial charge in [0.1, 0.15) is 11.6 Å². The lowest BCUT2D eigenvalue weighted by Crippen LogP contribution is -2.45. The van der Waals surface area contributed by atoms with Crippen molar-refractivity contribution in [3.8, 4) is 17.3 Å². The fourth-order valence-electron chi connectivity index (χ4n) is 6.59. The highest BCUT2D eigenvalue weighted by atomic mass is 19.1. The number of hydrogen-bond acceptors (Lipinski definition) is 8. The van der Waals surface area contributed by atoms with Gasteiger partial charge in [0.15, 0.2) is 0 Å². The number of hydrogen-bond donors (Lipinski definition) is 2. The minimum atomic E-state index is -0.983. The van der Waals surface area contributed by atoms with E-state index < -0.39 is 17.0 Å². The van der Waals surface area contributed by atoms with Crippen molar-refractivity contribution in [1.82, 2.24) is 19.6 Å². The Hall–Kier alpha value is -3.98. The normalized spacial score (nSPS) is 23.9. The number of nitrogens with one attached hydrogen (secondary N) is 1. The van der Waals surface area contributed by atoms with Crippen LogP contribution in [0.4, 0.5) is 20.4 Å². The van der Waals surface area contributed by atoms with Gasteiger partial charge < -0.3 is 20.5 Å². The molecule has 3 aromatic heterocycles. The molecule has 42 heavy (non-hydrogen) atoms. The van der Waals surface area contributed by atoms with Crippen molar-refractivity contribution in [3.63, 3.8) is 0 Å². The predicted octanol–water partition coefficient (Wildman–Crippen LogP) is 5.24. The Morgan fingerprint density at radius 3 is 2.60 bits per heavy atom. The summed E-state index contributed by atoms with van der Waals surface area (Å²) in [6, 6.07) is 9.92. The van der Waals surface area contributed by atoms with Crippen molar-refractivity contribution in [2.24, 2.45) is 11.7 Å². The largest absolute Gasteiger partial charge is 0.381 e. The molecule has 1 saturated heterocycles. The molecule has 1 saturated carbocycles. The van der Waals surface area contributed by atoms with E-state index in [9.17, 15) is 5.26 Å². The highest BCUT2D eigenvalue weighted by Gasteiger charge is 2.37. The molecule has 4 atom stereocenters. The van der Waals surface area contributed by atoms with Crippen LogP contribution in [-0.2, 0) is 14.9 Å². The summed E-state index contributed by atoms with van der Waals surface area (Å²) in [5, 5.41) is 17.8. The zero-order chi connectivity index (χ0) is 29.4. The molecule has 11 heteroatoms. The molecule has 0 spiro atoms. The maximum atomic E-state index is 15.5. The average molecular weight is 574 g/mol. The Bertz CT molecular complexity index is 1610. The zero-order valence-corrected chi connectivity index (χ0v) is 23.6. The number of benzene rings is 1. The molecule has 4 heterocycles. The van der Waals surface area contributed by atoms with E-state index >= 15 is 8.78 Å². The smallest absolute Gasteiger partial charge is 0.229 e. The molecular weight excluding hydrogens is 540 g/mol. The maximum absolute atomic E-state index is 15.5. The van der Waals surface area contributed by atoms with Gasteiger partial charge >= 0.3 is 0 Å². The van der Waals surface area contributed by atoms with Gasteiger partial charge in [-0.25, -0.2) is 13.8 Å². The van der Waals surface area contributed by atoms with Crippen LogP contribution in [0.15, 0.2) is 48.9 Å². The summed E-state index contributed by atoms with van der Waals surface area (Å²) in [6.45, 7) is 2.88. The summed E-state index contributed by atoms with van der Waals surface area (Å²) < 4.78 is 43.6. The Morgan fingerprint density at radius 1 is 1.14 bits per heavy atom. The monoisotopic (exact) mass is 573 g/mol. The van der Waals surface area contributed by atoms with Gasteiger partial charge in [-0.15, -0.1) is 0 Å². The molecule has 0 unspecified atom stereocenters. The number of ether oxygens (including phenoxy) is 2. The maximum Gasteiger partial charge on any atom is 0.229 e. The minimum absolute atomic E-state index is 0.00957. The van der Waals surface area contributed by atoms with Gasteiger partial charge in [-0.1, -0.05) is 6.92 Å². The molecule has 1 aromatic carbocycles. The summed E-state index contributed by atoms with van der Waals surface area (Å²) >= 11 is 0. The van der Waals surface area contributed by atoms with Crippen molar-refractivity contribution in [3.05, 3.63) is 71.7 Å². The number of nitriles is 1. The van der Waals surface area contributed by atoms with E-state index in [4.69, 9.17) is 15.2 Å². The molecule has 0 amide bonds. The van der Waals surface area contributed by atoms with Crippen LogP contribution in [0.25, 0.3) is 16.8 Å². The van der Waals surface area contributed by atoms with E-state index in [-0.39, 0.29) is 35.2 Å². The molecular formula is C31H33F2N7O2. The van der Waals surface area contributed by atoms with Crippen LogP contribution < -0.4 is 11.1 Å². The molecule has 0 radical (unpaired) electrons. The lowest BCUT2D eigenvalue weighted by Gasteiger charge is -2.38. The summed E-state index contributed by atoms with van der Waals surface area (Å²) in [5.74, 6) is -0.701. The van der Waals surface area contributed by atoms with Crippen LogP contribution >= 0.6 is 0 Å². The molecule has 6 rings (SSSR count). The first kappa shape index (κ1) is 28.2. The number of methoxy groups -OCH3 is 1. The minimum Gasteiger partial charge on any atom is -0.381 e. The number of pyridine rings is 1. The number of rotatable bonds is 6. The second-order valence-electron chi connectivity index (χ2n) is 11.4. The van der Waals surface area contributed by atoms with Crippen molar-refractivity contribution in [1.29, 1.82) is 5.26 Å². The van der Waals surface area contributed by atoms with Gasteiger partial charge in [-0.05, 0) is 79.0 Å². The quantitative estimate of drug-likeness (QED) is 0.321. The molecule has 4 aromatic rings. The van der Waals surface area contributed by atoms with Gasteiger partial charge in [0.05, 0.1) is 52.4 Å². The third-order valence-corrected chi connectivity index (χ3v) is 8.80. The van der Waals surface area contributed by atoms with E-state index in [0.29, 0.717) is 43.1 Å². The van der Waals surface area contributed by atoms with E-state index in [1.807, 2.05) is 6.07 Å². The van der Waals surface area contributed by atoms with Crippen molar-refractivity contribution >= 4 is 17.2 Å². The summed E-state index contributed by atoms with van der Waals surface area (Å²) in [5.41, 5.74) is 8.10. The summed E-state index contributed by atoms with van der Waals surface area (Å²) in [6.07, 6.45) is 7.56. The van der Waals surface area contributed by atoms with Crippen LogP contribution in [0.3, 0.4) is 0 Å². The second-order valence-corrected chi connectivity index (χ2v) is 11.4. The van der Waals surface area contributed by atoms with Crippen LogP contribution in [0, 0.1) is 28.9 Å². The molecule has 2 aliphatic rings. The Labute approximate surface area is 242 Å². The topological polar surface area (TPSA) is 123 Å². The Balaban J connectivity index is 1.32. The van der Waals surface area contributed by atoms with Gasteiger partial charge in [-0.2, -0.15) is 14.9 Å². The van der Waals surface area contributed by atoms with Gasteiger partial charge in [0, 0.05) is 32.6 Å². The molecule has 3 N–H and O–H groups in total.